The molecule has 184 valence electrons. The highest BCUT2D eigenvalue weighted by Crippen LogP contribution is 2.13. The van der Waals surface area contributed by atoms with Gasteiger partial charge in [-0.1, -0.05) is 89.9 Å². The number of rotatable bonds is 27. The van der Waals surface area contributed by atoms with Crippen LogP contribution >= 0.6 is 0 Å². The molecule has 0 aliphatic heterocycles. The minimum atomic E-state index is 0.661. The zero-order valence-electron chi connectivity index (χ0n) is 20.4. The molecule has 0 aliphatic rings. The largest absolute Gasteiger partial charge is 0.329 e. The molecular weight excluding hydrogens is 386 g/mol. The third-order valence-corrected chi connectivity index (χ3v) is 5.72. The van der Waals surface area contributed by atoms with Gasteiger partial charge in [0.05, 0.1) is 6.54 Å². The highest BCUT2D eigenvalue weighted by molar-refractivity contribution is 5.32. The Labute approximate surface area is 193 Å². The molecule has 0 saturated heterocycles. The van der Waals surface area contributed by atoms with Gasteiger partial charge in [0, 0.05) is 39.3 Å². The first-order valence-corrected chi connectivity index (χ1v) is 13.3. The minimum absolute atomic E-state index is 0.661. The summed E-state index contributed by atoms with van der Waals surface area (Å²) in [6.45, 7) is 7.56. The van der Waals surface area contributed by atoms with Crippen LogP contribution in [-0.4, -0.2) is 58.4 Å². The van der Waals surface area contributed by atoms with Gasteiger partial charge in [0.1, 0.15) is 0 Å². The molecule has 0 atom stereocenters. The fourth-order valence-electron chi connectivity index (χ4n) is 3.79. The van der Waals surface area contributed by atoms with Gasteiger partial charge in [-0.25, -0.2) is 9.79 Å². The zero-order chi connectivity index (χ0) is 22.5. The molecule has 0 radical (unpaired) electrons. The molecule has 0 heterocycles. The Hall–Kier alpha value is -0.780. The smallest absolute Gasteiger partial charge is 0.234 e. The lowest BCUT2D eigenvalue weighted by Crippen LogP contribution is -2.34. The summed E-state index contributed by atoms with van der Waals surface area (Å²) in [7, 11) is 0. The Morgan fingerprint density at radius 2 is 0.839 bits per heavy atom. The molecule has 5 N–H and O–H groups in total. The molecule has 0 rings (SSSR count). The Balaban J connectivity index is 3.00. The predicted octanol–water partition coefficient (Wildman–Crippen LogP) is 4.29. The number of nitrogens with one attached hydrogen (secondary N) is 3. The second-order valence-corrected chi connectivity index (χ2v) is 8.67. The number of hydrogen-bond donors (Lipinski definition) is 4. The summed E-state index contributed by atoms with van der Waals surface area (Å²) in [5.41, 5.74) is 5.43. The SMILES string of the molecule is NCCNCCNCCNCCCCCCCCCCCCCCCCCCN=C=O. The fourth-order valence-corrected chi connectivity index (χ4v) is 3.79. The van der Waals surface area contributed by atoms with Crippen LogP contribution in [0.5, 0.6) is 0 Å². The molecule has 0 unspecified atom stereocenters. The average Bonchev–Trinajstić information content (AvgIpc) is 2.78. The van der Waals surface area contributed by atoms with Crippen molar-refractivity contribution in [3.8, 4) is 0 Å². The number of unbranched alkanes of at least 4 members (excludes halogenated alkanes) is 15. The van der Waals surface area contributed by atoms with E-state index in [4.69, 9.17) is 5.73 Å². The van der Waals surface area contributed by atoms with Crippen LogP contribution in [0.3, 0.4) is 0 Å². The van der Waals surface area contributed by atoms with Crippen molar-refractivity contribution in [3.63, 3.8) is 0 Å². The van der Waals surface area contributed by atoms with E-state index in [-0.39, 0.29) is 0 Å². The lowest BCUT2D eigenvalue weighted by atomic mass is 10.0. The molecule has 6 heteroatoms. The normalized spacial score (nSPS) is 11.0. The highest BCUT2D eigenvalue weighted by atomic mass is 16.1. The third-order valence-electron chi connectivity index (χ3n) is 5.72. The molecule has 0 amide bonds. The van der Waals surface area contributed by atoms with E-state index in [0.717, 1.165) is 45.7 Å². The second kappa shape index (κ2) is 29.2. The molecule has 0 aliphatic carbocycles. The van der Waals surface area contributed by atoms with Gasteiger partial charge in [-0.3, -0.25) is 0 Å². The van der Waals surface area contributed by atoms with Gasteiger partial charge in [-0.05, 0) is 19.4 Å². The van der Waals surface area contributed by atoms with Crippen LogP contribution in [-0.2, 0) is 4.79 Å². The Kier molecular flexibility index (Phi) is 28.5. The van der Waals surface area contributed by atoms with Gasteiger partial charge in [0.2, 0.25) is 6.08 Å². The fraction of sp³-hybridized carbons (Fsp3) is 0.960. The first kappa shape index (κ1) is 30.2. The van der Waals surface area contributed by atoms with Gasteiger partial charge in [-0.15, -0.1) is 0 Å². The monoisotopic (exact) mass is 439 g/mol. The van der Waals surface area contributed by atoms with E-state index in [2.05, 4.69) is 20.9 Å². The maximum atomic E-state index is 9.95. The molecule has 0 spiro atoms. The first-order valence-electron chi connectivity index (χ1n) is 13.3. The second-order valence-electron chi connectivity index (χ2n) is 8.67. The van der Waals surface area contributed by atoms with Gasteiger partial charge in [0.15, 0.2) is 0 Å². The van der Waals surface area contributed by atoms with E-state index >= 15 is 0 Å². The minimum Gasteiger partial charge on any atom is -0.329 e. The van der Waals surface area contributed by atoms with Crippen LogP contribution < -0.4 is 21.7 Å². The number of hydrogen-bond acceptors (Lipinski definition) is 6. The molecule has 0 aromatic rings. The summed E-state index contributed by atoms with van der Waals surface area (Å²) in [6.07, 6.45) is 23.2. The molecule has 0 saturated carbocycles. The van der Waals surface area contributed by atoms with Crippen molar-refractivity contribution < 1.29 is 4.79 Å². The average molecular weight is 440 g/mol. The van der Waals surface area contributed by atoms with Gasteiger partial charge >= 0.3 is 0 Å². The summed E-state index contributed by atoms with van der Waals surface area (Å²) >= 11 is 0. The lowest BCUT2D eigenvalue weighted by molar-refractivity contribution is 0.522. The van der Waals surface area contributed by atoms with E-state index in [0.29, 0.717) is 13.1 Å². The van der Waals surface area contributed by atoms with Crippen molar-refractivity contribution >= 4 is 6.08 Å². The first-order chi connectivity index (χ1) is 15.4. The van der Waals surface area contributed by atoms with Crippen LogP contribution in [0.4, 0.5) is 0 Å². The van der Waals surface area contributed by atoms with Crippen LogP contribution in [0.1, 0.15) is 103 Å². The molecule has 31 heavy (non-hydrogen) atoms. The van der Waals surface area contributed by atoms with Crippen LogP contribution in [0.25, 0.3) is 0 Å². The molecule has 0 fully saturated rings. The van der Waals surface area contributed by atoms with Crippen molar-refractivity contribution in [2.75, 3.05) is 52.4 Å². The Morgan fingerprint density at radius 3 is 1.26 bits per heavy atom. The summed E-state index contributed by atoms with van der Waals surface area (Å²) < 4.78 is 0. The molecule has 6 nitrogen and oxygen atoms in total. The van der Waals surface area contributed by atoms with Gasteiger partial charge < -0.3 is 21.7 Å². The van der Waals surface area contributed by atoms with Crippen molar-refractivity contribution in [1.82, 2.24) is 16.0 Å². The summed E-state index contributed by atoms with van der Waals surface area (Å²) in [4.78, 5) is 13.5. The van der Waals surface area contributed by atoms with Gasteiger partial charge in [0.25, 0.3) is 0 Å². The Morgan fingerprint density at radius 1 is 0.484 bits per heavy atom. The number of carbonyl (C=O) groups excluding carboxylic acids is 1. The van der Waals surface area contributed by atoms with Crippen molar-refractivity contribution in [3.05, 3.63) is 0 Å². The molecular formula is C25H53N5O. The molecule has 0 aromatic carbocycles. The van der Waals surface area contributed by atoms with E-state index in [1.54, 1.807) is 6.08 Å². The van der Waals surface area contributed by atoms with Crippen molar-refractivity contribution in [2.24, 2.45) is 10.7 Å². The summed E-state index contributed by atoms with van der Waals surface area (Å²) in [5.74, 6) is 0. The number of aliphatic imine (C=N–C) groups is 1. The van der Waals surface area contributed by atoms with Crippen molar-refractivity contribution in [2.45, 2.75) is 103 Å². The van der Waals surface area contributed by atoms with E-state index in [1.807, 2.05) is 0 Å². The van der Waals surface area contributed by atoms with E-state index in [9.17, 15) is 4.79 Å². The lowest BCUT2D eigenvalue weighted by Gasteiger charge is -2.07. The highest BCUT2D eigenvalue weighted by Gasteiger charge is 1.95. The molecule has 0 aromatic heterocycles. The van der Waals surface area contributed by atoms with Crippen LogP contribution in [0.2, 0.25) is 0 Å². The Bertz CT molecular complexity index is 375. The van der Waals surface area contributed by atoms with Crippen molar-refractivity contribution in [1.29, 1.82) is 0 Å². The van der Waals surface area contributed by atoms with E-state index in [1.165, 1.54) is 96.3 Å². The predicted molar refractivity (Wildman–Crippen MR) is 135 cm³/mol. The topological polar surface area (TPSA) is 91.5 Å². The number of isocyanates is 1. The summed E-state index contributed by atoms with van der Waals surface area (Å²) in [5, 5.41) is 10.2. The zero-order valence-corrected chi connectivity index (χ0v) is 20.4. The summed E-state index contributed by atoms with van der Waals surface area (Å²) in [6, 6.07) is 0. The number of nitrogens with zero attached hydrogens (tertiary/aromatic N) is 1. The van der Waals surface area contributed by atoms with Gasteiger partial charge in [-0.2, -0.15) is 0 Å². The van der Waals surface area contributed by atoms with E-state index < -0.39 is 0 Å². The molecule has 0 bridgehead atoms. The quantitative estimate of drug-likeness (QED) is 0.0870. The standard InChI is InChI=1S/C25H53N5O/c26-17-20-28-22-24-29-23-21-27-18-15-13-11-9-7-5-3-1-2-4-6-8-10-12-14-16-19-30-25-31/h27-29H,1-24,26H2. The maximum absolute atomic E-state index is 9.95. The van der Waals surface area contributed by atoms with Crippen LogP contribution in [0.15, 0.2) is 4.99 Å². The van der Waals surface area contributed by atoms with Crippen LogP contribution in [0, 0.1) is 0 Å². The maximum Gasteiger partial charge on any atom is 0.234 e. The third kappa shape index (κ3) is 29.2. The number of nitrogens with two attached hydrogens (primary N) is 1.